The molecule has 0 aliphatic rings. The fourth-order valence-corrected chi connectivity index (χ4v) is 3.47. The predicted molar refractivity (Wildman–Crippen MR) is 105 cm³/mol. The van der Waals surface area contributed by atoms with E-state index < -0.39 is 29.9 Å². The lowest BCUT2D eigenvalue weighted by Crippen LogP contribution is -2.23. The molecular weight excluding hydrogens is 480 g/mol. The first-order chi connectivity index (χ1) is 15.2. The summed E-state index contributed by atoms with van der Waals surface area (Å²) in [6.45, 7) is 1.08. The van der Waals surface area contributed by atoms with Gasteiger partial charge in [0.25, 0.3) is 5.91 Å². The van der Waals surface area contributed by atoms with E-state index in [0.717, 1.165) is 28.6 Å². The Balaban J connectivity index is 0.000000479. The van der Waals surface area contributed by atoms with Gasteiger partial charge in [0.1, 0.15) is 5.69 Å². The monoisotopic (exact) mass is 497 g/mol. The van der Waals surface area contributed by atoms with Crippen LogP contribution < -0.4 is 5.32 Å². The van der Waals surface area contributed by atoms with Crippen LogP contribution >= 0.6 is 11.3 Å². The molecule has 0 spiro atoms. The number of hydrogen-bond acceptors (Lipinski definition) is 6. The zero-order valence-electron chi connectivity index (χ0n) is 17.0. The molecule has 3 aromatic heterocycles. The zero-order chi connectivity index (χ0) is 25.0. The van der Waals surface area contributed by atoms with Crippen molar-refractivity contribution in [1.82, 2.24) is 24.8 Å². The maximum atomic E-state index is 13.0. The molecule has 8 nitrogen and oxygen atoms in total. The number of rotatable bonds is 5. The molecule has 0 saturated carbocycles. The van der Waals surface area contributed by atoms with Crippen LogP contribution in [0.2, 0.25) is 0 Å². The molecule has 0 aliphatic heterocycles. The smallest absolute Gasteiger partial charge is 0.475 e. The van der Waals surface area contributed by atoms with Crippen molar-refractivity contribution in [2.45, 2.75) is 25.4 Å². The van der Waals surface area contributed by atoms with Gasteiger partial charge < -0.3 is 15.3 Å². The number of hydrogen-bond donors (Lipinski definition) is 2. The van der Waals surface area contributed by atoms with E-state index >= 15 is 0 Å². The van der Waals surface area contributed by atoms with Gasteiger partial charge in [-0.15, -0.1) is 11.3 Å². The molecule has 15 heteroatoms. The van der Waals surface area contributed by atoms with Crippen LogP contribution in [-0.2, 0) is 24.1 Å². The normalized spacial score (nSPS) is 11.9. The molecule has 0 unspecified atom stereocenters. The van der Waals surface area contributed by atoms with Gasteiger partial charge in [0, 0.05) is 28.6 Å². The number of carboxylic acid groups (broad SMARTS) is 1. The van der Waals surface area contributed by atoms with E-state index in [1.54, 1.807) is 11.3 Å². The third-order valence-electron chi connectivity index (χ3n) is 3.74. The largest absolute Gasteiger partial charge is 0.490 e. The van der Waals surface area contributed by atoms with Crippen LogP contribution in [0.15, 0.2) is 30.5 Å². The van der Waals surface area contributed by atoms with E-state index in [0.29, 0.717) is 4.52 Å². The molecule has 1 amide bonds. The summed E-state index contributed by atoms with van der Waals surface area (Å²) < 4.78 is 71.4. The Hall–Kier alpha value is -3.20. The van der Waals surface area contributed by atoms with Gasteiger partial charge in [0.15, 0.2) is 11.3 Å². The summed E-state index contributed by atoms with van der Waals surface area (Å²) in [6.07, 6.45) is -8.62. The Labute approximate surface area is 186 Å². The highest BCUT2D eigenvalue weighted by atomic mass is 32.1. The van der Waals surface area contributed by atoms with Crippen molar-refractivity contribution < 1.29 is 41.0 Å². The lowest BCUT2D eigenvalue weighted by molar-refractivity contribution is -0.192. The van der Waals surface area contributed by atoms with Crippen molar-refractivity contribution in [3.05, 3.63) is 51.6 Å². The fraction of sp³-hybridized carbons (Fsp3) is 0.333. The second-order valence-electron chi connectivity index (χ2n) is 6.72. The molecule has 0 radical (unpaired) electrons. The SMILES string of the molecule is CN(C)Cc1ccc(CNC(=O)c2cc3nccc(C(F)(F)F)n3n2)s1.O=C(O)C(F)(F)F. The van der Waals surface area contributed by atoms with Crippen LogP contribution in [0.25, 0.3) is 5.65 Å². The van der Waals surface area contributed by atoms with E-state index in [1.807, 2.05) is 31.1 Å². The number of alkyl halides is 6. The number of halogens is 6. The second-order valence-corrected chi connectivity index (χ2v) is 7.97. The summed E-state index contributed by atoms with van der Waals surface area (Å²) in [5.41, 5.74) is -1.12. The van der Waals surface area contributed by atoms with Gasteiger partial charge >= 0.3 is 18.3 Å². The van der Waals surface area contributed by atoms with Gasteiger partial charge in [-0.25, -0.2) is 14.3 Å². The summed E-state index contributed by atoms with van der Waals surface area (Å²) in [7, 11) is 3.93. The molecule has 0 bridgehead atoms. The van der Waals surface area contributed by atoms with Gasteiger partial charge in [-0.3, -0.25) is 4.79 Å². The predicted octanol–water partition coefficient (Wildman–Crippen LogP) is 3.43. The Morgan fingerprint density at radius 3 is 2.27 bits per heavy atom. The Morgan fingerprint density at radius 1 is 1.12 bits per heavy atom. The van der Waals surface area contributed by atoms with E-state index in [9.17, 15) is 31.1 Å². The van der Waals surface area contributed by atoms with Crippen molar-refractivity contribution in [2.75, 3.05) is 14.1 Å². The minimum absolute atomic E-state index is 0.0330. The van der Waals surface area contributed by atoms with Gasteiger partial charge in [-0.05, 0) is 32.3 Å². The highest BCUT2D eigenvalue weighted by Crippen LogP contribution is 2.29. The summed E-state index contributed by atoms with van der Waals surface area (Å²) in [5.74, 6) is -3.31. The third kappa shape index (κ3) is 7.42. The maximum absolute atomic E-state index is 13.0. The summed E-state index contributed by atoms with van der Waals surface area (Å²) in [6, 6.07) is 5.95. The average molecular weight is 497 g/mol. The average Bonchev–Trinajstić information content (AvgIpc) is 3.30. The number of carboxylic acids is 1. The molecule has 2 N–H and O–H groups in total. The van der Waals surface area contributed by atoms with Crippen LogP contribution in [0.4, 0.5) is 26.3 Å². The van der Waals surface area contributed by atoms with Crippen molar-refractivity contribution in [3.63, 3.8) is 0 Å². The molecule has 0 fully saturated rings. The van der Waals surface area contributed by atoms with Crippen LogP contribution in [0.3, 0.4) is 0 Å². The van der Waals surface area contributed by atoms with Crippen LogP contribution in [0.1, 0.15) is 25.9 Å². The number of aliphatic carboxylic acids is 1. The Bertz CT molecular complexity index is 1120. The lowest BCUT2D eigenvalue weighted by Gasteiger charge is -2.07. The molecular formula is C18H17F6N5O3S. The van der Waals surface area contributed by atoms with E-state index in [4.69, 9.17) is 9.90 Å². The molecule has 0 saturated heterocycles. The standard InChI is InChI=1S/C16H16F3N5OS.C2HF3O2/c1-23(2)9-11-4-3-10(26-11)8-21-15(25)12-7-14-20-6-5-13(16(17,18)19)24(14)22-12;3-2(4,5)1(6)7/h3-7H,8-9H2,1-2H3,(H,21,25);(H,6,7). The van der Waals surface area contributed by atoms with Crippen molar-refractivity contribution in [3.8, 4) is 0 Å². The van der Waals surface area contributed by atoms with Gasteiger partial charge in [-0.1, -0.05) is 0 Å². The van der Waals surface area contributed by atoms with Gasteiger partial charge in [0.05, 0.1) is 6.54 Å². The first-order valence-corrected chi connectivity index (χ1v) is 9.72. The summed E-state index contributed by atoms with van der Waals surface area (Å²) in [4.78, 5) is 29.1. The van der Waals surface area contributed by atoms with Crippen molar-refractivity contribution in [1.29, 1.82) is 0 Å². The highest BCUT2D eigenvalue weighted by molar-refractivity contribution is 7.11. The molecule has 3 heterocycles. The molecule has 180 valence electrons. The number of amides is 1. The topological polar surface area (TPSA) is 99.8 Å². The van der Waals surface area contributed by atoms with E-state index in [1.165, 1.54) is 6.07 Å². The molecule has 3 rings (SSSR count). The maximum Gasteiger partial charge on any atom is 0.490 e. The van der Waals surface area contributed by atoms with Crippen molar-refractivity contribution >= 4 is 28.9 Å². The molecule has 0 aliphatic carbocycles. The number of nitrogens with zero attached hydrogens (tertiary/aromatic N) is 4. The minimum atomic E-state index is -5.08. The van der Waals surface area contributed by atoms with Crippen LogP contribution in [0.5, 0.6) is 0 Å². The summed E-state index contributed by atoms with van der Waals surface area (Å²) in [5, 5.41) is 13.6. The van der Waals surface area contributed by atoms with Gasteiger partial charge in [-0.2, -0.15) is 31.4 Å². The molecule has 33 heavy (non-hydrogen) atoms. The highest BCUT2D eigenvalue weighted by Gasteiger charge is 2.38. The number of aromatic nitrogens is 3. The van der Waals surface area contributed by atoms with Crippen LogP contribution in [0, 0.1) is 0 Å². The summed E-state index contributed by atoms with van der Waals surface area (Å²) >= 11 is 1.57. The quantitative estimate of drug-likeness (QED) is 0.524. The second kappa shape index (κ2) is 10.2. The lowest BCUT2D eigenvalue weighted by atomic mass is 10.3. The van der Waals surface area contributed by atoms with Crippen LogP contribution in [-0.4, -0.2) is 56.8 Å². The van der Waals surface area contributed by atoms with Crippen molar-refractivity contribution in [2.24, 2.45) is 0 Å². The minimum Gasteiger partial charge on any atom is -0.475 e. The fourth-order valence-electron chi connectivity index (χ4n) is 2.39. The Kier molecular flexibility index (Phi) is 8.02. The number of thiophene rings is 1. The van der Waals surface area contributed by atoms with E-state index in [2.05, 4.69) is 15.4 Å². The van der Waals surface area contributed by atoms with Gasteiger partial charge in [0.2, 0.25) is 0 Å². The molecule has 0 atom stereocenters. The number of nitrogens with one attached hydrogen (secondary N) is 1. The number of fused-ring (bicyclic) bond motifs is 1. The molecule has 0 aromatic carbocycles. The first-order valence-electron chi connectivity index (χ1n) is 8.91. The first kappa shape index (κ1) is 26.1. The Morgan fingerprint density at radius 2 is 1.73 bits per heavy atom. The molecule has 3 aromatic rings. The van der Waals surface area contributed by atoms with E-state index in [-0.39, 0.29) is 17.9 Å². The number of carbonyl (C=O) groups excluding carboxylic acids is 1. The third-order valence-corrected chi connectivity index (χ3v) is 4.81. The number of carbonyl (C=O) groups is 2. The zero-order valence-corrected chi connectivity index (χ0v) is 17.8.